The van der Waals surface area contributed by atoms with Gasteiger partial charge in [-0.25, -0.2) is 14.6 Å². The van der Waals surface area contributed by atoms with Crippen molar-refractivity contribution in [2.24, 2.45) is 5.92 Å². The first-order valence-electron chi connectivity index (χ1n) is 16.0. The van der Waals surface area contributed by atoms with Crippen molar-refractivity contribution in [3.05, 3.63) is 103 Å². The van der Waals surface area contributed by atoms with Crippen molar-refractivity contribution in [1.29, 1.82) is 0 Å². The van der Waals surface area contributed by atoms with Gasteiger partial charge in [-0.1, -0.05) is 41.4 Å². The molecule has 7 rings (SSSR count). The van der Waals surface area contributed by atoms with Crippen LogP contribution in [0.1, 0.15) is 56.2 Å². The van der Waals surface area contributed by atoms with Gasteiger partial charge in [-0.05, 0) is 79.4 Å². The Kier molecular flexibility index (Phi) is 12.6. The number of esters is 2. The van der Waals surface area contributed by atoms with Crippen LogP contribution in [0, 0.1) is 5.92 Å². The second-order valence-corrected chi connectivity index (χ2v) is 14.1. The Labute approximate surface area is 304 Å². The number of ether oxygens (including phenoxy) is 4. The maximum atomic E-state index is 13.6. The molecule has 3 saturated heterocycles. The summed E-state index contributed by atoms with van der Waals surface area (Å²) in [4.78, 5) is 33.6. The molecule has 0 amide bonds. The van der Waals surface area contributed by atoms with E-state index in [1.165, 1.54) is 18.4 Å². The monoisotopic (exact) mass is 743 g/mol. The zero-order valence-corrected chi connectivity index (χ0v) is 29.9. The summed E-state index contributed by atoms with van der Waals surface area (Å²) in [6, 6.07) is 14.6. The molecule has 2 bridgehead atoms. The lowest BCUT2D eigenvalue weighted by Crippen LogP contribution is -2.52. The summed E-state index contributed by atoms with van der Waals surface area (Å²) < 4.78 is 23.1. The Balaban J connectivity index is 0.00000486. The summed E-state index contributed by atoms with van der Waals surface area (Å²) in [6.07, 6.45) is 4.57. The summed E-state index contributed by atoms with van der Waals surface area (Å²) in [7, 11) is 3.08. The van der Waals surface area contributed by atoms with E-state index in [2.05, 4.69) is 15.2 Å². The number of phenols is 1. The van der Waals surface area contributed by atoms with Crippen LogP contribution in [0.15, 0.2) is 67.0 Å². The number of nitrogens with zero attached hydrogens (tertiary/aromatic N) is 1. The molecule has 0 aliphatic carbocycles. The predicted molar refractivity (Wildman–Crippen MR) is 187 cm³/mol. The second-order valence-electron chi connectivity index (χ2n) is 12.1. The van der Waals surface area contributed by atoms with Crippen molar-refractivity contribution < 1.29 is 44.1 Å². The third-order valence-corrected chi connectivity index (χ3v) is 10.8. The minimum Gasteiger partial charge on any atom is -0.870 e. The van der Waals surface area contributed by atoms with E-state index >= 15 is 0 Å². The summed E-state index contributed by atoms with van der Waals surface area (Å²) in [6.45, 7) is 3.10. The zero-order chi connectivity index (χ0) is 34.5. The number of piperidine rings is 3. The molecule has 50 heavy (non-hydrogen) atoms. The number of methoxy groups -OCH3 is 2. The van der Waals surface area contributed by atoms with E-state index in [1.807, 2.05) is 6.07 Å². The van der Waals surface area contributed by atoms with Crippen LogP contribution in [0.3, 0.4) is 0 Å². The molecule has 5 heterocycles. The average Bonchev–Trinajstić information content (AvgIpc) is 3.59. The van der Waals surface area contributed by atoms with Gasteiger partial charge in [0.1, 0.15) is 38.9 Å². The van der Waals surface area contributed by atoms with Crippen molar-refractivity contribution in [3.63, 3.8) is 0 Å². The first kappa shape index (κ1) is 37.3. The van der Waals surface area contributed by atoms with Gasteiger partial charge in [0.15, 0.2) is 23.9 Å². The molecule has 4 N–H and O–H groups in total. The lowest BCUT2D eigenvalue weighted by molar-refractivity contribution is -0.377. The van der Waals surface area contributed by atoms with Gasteiger partial charge >= 0.3 is 11.9 Å². The molecule has 2 aromatic carbocycles. The van der Waals surface area contributed by atoms with E-state index in [0.717, 1.165) is 37.4 Å². The lowest BCUT2D eigenvalue weighted by Gasteiger charge is -2.44. The van der Waals surface area contributed by atoms with Crippen molar-refractivity contribution >= 4 is 46.5 Å². The summed E-state index contributed by atoms with van der Waals surface area (Å²) in [5.74, 6) is 0.512. The molecular weight excluding hydrogens is 705 g/mol. The number of phenolic OH excluding ortho intramolecular Hbond substituents is 1. The number of pyridine rings is 1. The number of thiophene rings is 1. The molecule has 3 aliphatic rings. The molecule has 3 fully saturated rings. The molecule has 11 nitrogen and oxygen atoms in total. The maximum absolute atomic E-state index is 13.6. The zero-order valence-electron chi connectivity index (χ0n) is 27.6. The van der Waals surface area contributed by atoms with E-state index < -0.39 is 24.1 Å². The number of aromatic hydroxyl groups is 1. The number of rotatable bonds is 13. The average molecular weight is 745 g/mol. The van der Waals surface area contributed by atoms with Gasteiger partial charge in [0.25, 0.3) is 0 Å². The van der Waals surface area contributed by atoms with Gasteiger partial charge in [0.2, 0.25) is 0 Å². The van der Waals surface area contributed by atoms with E-state index in [1.54, 1.807) is 68.0 Å². The van der Waals surface area contributed by atoms with E-state index in [-0.39, 0.29) is 30.3 Å². The number of hydrogen-bond donors (Lipinski definition) is 2. The molecule has 2 aromatic heterocycles. The minimum atomic E-state index is -0.813. The van der Waals surface area contributed by atoms with Crippen LogP contribution < -0.4 is 19.8 Å². The van der Waals surface area contributed by atoms with Gasteiger partial charge in [-0.15, -0.1) is 11.3 Å². The van der Waals surface area contributed by atoms with Crippen LogP contribution in [-0.2, 0) is 27.2 Å². The van der Waals surface area contributed by atoms with Crippen molar-refractivity contribution in [1.82, 2.24) is 10.2 Å². The van der Waals surface area contributed by atoms with Crippen LogP contribution >= 0.6 is 34.5 Å². The first-order valence-corrected chi connectivity index (χ1v) is 17.6. The SMILES string of the molecule is COc1ccc([C@H](Cc2c(Cl)c[nH+]cc2Cl)OC(=O)c2ccc(CNC(C(=O)O[C@H]3CN4CCC3CC4)c3cccc(O)c3)s2)cc1OC.[OH-]. The van der Waals surface area contributed by atoms with Gasteiger partial charge < -0.3 is 29.5 Å². The number of hydrogen-bond acceptors (Lipinski definition) is 11. The fourth-order valence-electron chi connectivity index (χ4n) is 6.41. The predicted octanol–water partition coefficient (Wildman–Crippen LogP) is 6.02. The van der Waals surface area contributed by atoms with Crippen LogP contribution in [0.2, 0.25) is 10.0 Å². The largest absolute Gasteiger partial charge is 0.870 e. The molecule has 4 aromatic rings. The van der Waals surface area contributed by atoms with E-state index in [0.29, 0.717) is 49.0 Å². The van der Waals surface area contributed by atoms with Crippen LogP contribution in [-0.4, -0.2) is 67.4 Å². The Morgan fingerprint density at radius 1 is 1.00 bits per heavy atom. The molecule has 266 valence electrons. The van der Waals surface area contributed by atoms with Crippen molar-refractivity contribution in [2.45, 2.75) is 44.1 Å². The Hall–Kier alpha value is -3.91. The number of carbonyl (C=O) groups is 2. The summed E-state index contributed by atoms with van der Waals surface area (Å²) >= 11 is 14.2. The molecule has 0 spiro atoms. The van der Waals surface area contributed by atoms with E-state index in [9.17, 15) is 14.7 Å². The highest BCUT2D eigenvalue weighted by molar-refractivity contribution is 7.13. The third-order valence-electron chi connectivity index (χ3n) is 9.06. The van der Waals surface area contributed by atoms with Gasteiger partial charge in [-0.3, -0.25) is 10.2 Å². The number of halogens is 2. The highest BCUT2D eigenvalue weighted by atomic mass is 35.5. The van der Waals surface area contributed by atoms with Crippen LogP contribution in [0.25, 0.3) is 0 Å². The first-order chi connectivity index (χ1) is 23.7. The maximum Gasteiger partial charge on any atom is 0.348 e. The Morgan fingerprint density at radius 3 is 2.40 bits per heavy atom. The molecular formula is C36H39Cl2N3O8S. The lowest BCUT2D eigenvalue weighted by atomic mass is 9.86. The van der Waals surface area contributed by atoms with Gasteiger partial charge in [-0.2, -0.15) is 0 Å². The number of carbonyl (C=O) groups excluding carboxylic acids is 2. The smallest absolute Gasteiger partial charge is 0.348 e. The number of nitrogens with one attached hydrogen (secondary N) is 2. The number of aromatic nitrogens is 1. The highest BCUT2D eigenvalue weighted by Gasteiger charge is 2.38. The summed E-state index contributed by atoms with van der Waals surface area (Å²) in [5, 5.41) is 14.3. The van der Waals surface area contributed by atoms with Crippen LogP contribution in [0.5, 0.6) is 17.2 Å². The quantitative estimate of drug-likeness (QED) is 0.156. The Morgan fingerprint density at radius 2 is 1.74 bits per heavy atom. The topological polar surface area (TPSA) is 151 Å². The minimum absolute atomic E-state index is 0. The molecule has 0 radical (unpaired) electrons. The number of aromatic amines is 1. The Bertz CT molecular complexity index is 1780. The highest BCUT2D eigenvalue weighted by Crippen LogP contribution is 2.36. The number of H-pyrrole nitrogens is 1. The fourth-order valence-corrected chi connectivity index (χ4v) is 7.79. The number of benzene rings is 2. The molecule has 3 atom stereocenters. The van der Waals surface area contributed by atoms with Crippen LogP contribution in [0.4, 0.5) is 0 Å². The molecule has 14 heteroatoms. The van der Waals surface area contributed by atoms with Gasteiger partial charge in [0.05, 0.1) is 14.2 Å². The summed E-state index contributed by atoms with van der Waals surface area (Å²) in [5.41, 5.74) is 1.88. The molecule has 0 saturated carbocycles. The second kappa shape index (κ2) is 16.9. The standard InChI is InChI=1S/C36H37Cl2N3O7S.H2O/c1-45-29-8-6-22(15-31(29)46-2)30(16-26-27(37)18-39-19-28(26)38)47-35(43)33-9-7-25(49-33)17-40-34(23-4-3-5-24(42)14-23)36(44)48-32-20-41-12-10-21(32)11-13-41;/h3-9,14-15,18-19,21,30,32,34,40,42H,10-13,16-17,20H2,1-2H3;1H2/t30-,32-,34?;/m0./s1. The fraction of sp³-hybridized carbons (Fsp3) is 0.361. The van der Waals surface area contributed by atoms with Crippen molar-refractivity contribution in [2.75, 3.05) is 33.9 Å². The molecule has 1 unspecified atom stereocenters. The van der Waals surface area contributed by atoms with E-state index in [4.69, 9.17) is 42.1 Å². The van der Waals surface area contributed by atoms with Crippen molar-refractivity contribution in [3.8, 4) is 17.2 Å². The number of fused-ring (bicyclic) bond motifs is 3. The van der Waals surface area contributed by atoms with Gasteiger partial charge in [0, 0.05) is 30.0 Å². The normalized spacial score (nSPS) is 19.2. The molecule has 3 aliphatic heterocycles. The third kappa shape index (κ3) is 8.68.